The Labute approximate surface area is 169 Å². The largest absolute Gasteiger partial charge is 0.448 e. The van der Waals surface area contributed by atoms with Crippen LogP contribution in [0.2, 0.25) is 0 Å². The van der Waals surface area contributed by atoms with E-state index in [1.165, 1.54) is 12.0 Å². The van der Waals surface area contributed by atoms with Gasteiger partial charge in [-0.2, -0.15) is 0 Å². The number of benzene rings is 2. The smallest absolute Gasteiger partial charge is 0.276 e. The highest BCUT2D eigenvalue weighted by atomic mass is 16.3. The van der Waals surface area contributed by atoms with E-state index in [2.05, 4.69) is 29.4 Å². The molecule has 6 nitrogen and oxygen atoms in total. The van der Waals surface area contributed by atoms with Crippen LogP contribution in [0.1, 0.15) is 34.7 Å². The molecule has 0 bridgehead atoms. The molecule has 1 unspecified atom stereocenters. The third kappa shape index (κ3) is 3.92. The van der Waals surface area contributed by atoms with Crippen LogP contribution in [0.25, 0.3) is 11.1 Å². The summed E-state index contributed by atoms with van der Waals surface area (Å²) in [7, 11) is 0. The van der Waals surface area contributed by atoms with Gasteiger partial charge in [-0.3, -0.25) is 9.59 Å². The number of oxazole rings is 1. The first-order valence-electron chi connectivity index (χ1n) is 9.72. The summed E-state index contributed by atoms with van der Waals surface area (Å²) in [6, 6.07) is 15.5. The lowest BCUT2D eigenvalue weighted by atomic mass is 10.0. The molecule has 2 heterocycles. The minimum Gasteiger partial charge on any atom is -0.448 e. The average Bonchev–Trinajstić information content (AvgIpc) is 3.37. The minimum atomic E-state index is -0.513. The van der Waals surface area contributed by atoms with E-state index >= 15 is 0 Å². The fourth-order valence-electron chi connectivity index (χ4n) is 3.76. The highest BCUT2D eigenvalue weighted by molar-refractivity contribution is 6.01. The molecule has 0 radical (unpaired) electrons. The highest BCUT2D eigenvalue weighted by Gasteiger charge is 2.36. The van der Waals surface area contributed by atoms with Crippen LogP contribution < -0.4 is 5.32 Å². The van der Waals surface area contributed by atoms with Gasteiger partial charge in [0.15, 0.2) is 12.1 Å². The van der Waals surface area contributed by atoms with Crippen LogP contribution in [0.5, 0.6) is 0 Å². The molecule has 3 aromatic rings. The van der Waals surface area contributed by atoms with Crippen molar-refractivity contribution in [3.63, 3.8) is 0 Å². The lowest BCUT2D eigenvalue weighted by Crippen LogP contribution is -2.43. The maximum Gasteiger partial charge on any atom is 0.276 e. The predicted molar refractivity (Wildman–Crippen MR) is 111 cm³/mol. The number of carbonyl (C=O) groups is 2. The molecule has 2 aromatic carbocycles. The molecule has 1 fully saturated rings. The van der Waals surface area contributed by atoms with Crippen LogP contribution in [0, 0.1) is 13.8 Å². The Morgan fingerprint density at radius 2 is 1.86 bits per heavy atom. The van der Waals surface area contributed by atoms with Gasteiger partial charge in [0.25, 0.3) is 5.91 Å². The maximum atomic E-state index is 12.9. The molecule has 6 heteroatoms. The van der Waals surface area contributed by atoms with Gasteiger partial charge in [-0.15, -0.1) is 0 Å². The predicted octanol–water partition coefficient (Wildman–Crippen LogP) is 4.20. The molecule has 0 aliphatic carbocycles. The van der Waals surface area contributed by atoms with Crippen molar-refractivity contribution in [2.75, 3.05) is 11.9 Å². The second kappa shape index (κ2) is 7.91. The van der Waals surface area contributed by atoms with Crippen molar-refractivity contribution >= 4 is 17.5 Å². The van der Waals surface area contributed by atoms with E-state index in [1.54, 1.807) is 11.8 Å². The average molecular weight is 389 g/mol. The Kier molecular flexibility index (Phi) is 5.16. The molecule has 1 atom stereocenters. The van der Waals surface area contributed by atoms with Crippen LogP contribution in [0.3, 0.4) is 0 Å². The van der Waals surface area contributed by atoms with Gasteiger partial charge in [-0.05, 0) is 49.9 Å². The van der Waals surface area contributed by atoms with E-state index in [4.69, 9.17) is 4.42 Å². The minimum absolute atomic E-state index is 0.182. The van der Waals surface area contributed by atoms with E-state index in [0.29, 0.717) is 24.4 Å². The van der Waals surface area contributed by atoms with Gasteiger partial charge >= 0.3 is 0 Å². The number of hydrogen-bond acceptors (Lipinski definition) is 4. The summed E-state index contributed by atoms with van der Waals surface area (Å²) in [4.78, 5) is 31.3. The quantitative estimate of drug-likeness (QED) is 0.726. The lowest BCUT2D eigenvalue weighted by molar-refractivity contribution is -0.119. The number of likely N-dealkylation sites (tertiary alicyclic amines) is 1. The van der Waals surface area contributed by atoms with Gasteiger partial charge in [0.2, 0.25) is 5.91 Å². The maximum absolute atomic E-state index is 12.9. The Morgan fingerprint density at radius 3 is 2.59 bits per heavy atom. The van der Waals surface area contributed by atoms with Crippen LogP contribution in [0.15, 0.2) is 59.3 Å². The van der Waals surface area contributed by atoms with Gasteiger partial charge in [0, 0.05) is 12.2 Å². The topological polar surface area (TPSA) is 75.4 Å². The fraction of sp³-hybridized carbons (Fsp3) is 0.261. The molecular weight excluding hydrogens is 366 g/mol. The molecule has 29 heavy (non-hydrogen) atoms. The molecule has 1 aliphatic rings. The number of aryl methyl sites for hydroxylation is 2. The van der Waals surface area contributed by atoms with Crippen molar-refractivity contribution in [3.8, 4) is 11.1 Å². The van der Waals surface area contributed by atoms with Crippen molar-refractivity contribution in [1.29, 1.82) is 0 Å². The first-order chi connectivity index (χ1) is 14.0. The number of nitrogens with one attached hydrogen (secondary N) is 1. The molecule has 4 rings (SSSR count). The van der Waals surface area contributed by atoms with E-state index in [9.17, 15) is 9.59 Å². The molecule has 1 aliphatic heterocycles. The number of anilines is 1. The summed E-state index contributed by atoms with van der Waals surface area (Å²) >= 11 is 0. The third-order valence-corrected chi connectivity index (χ3v) is 5.25. The lowest BCUT2D eigenvalue weighted by Gasteiger charge is -2.23. The second-order valence-corrected chi connectivity index (χ2v) is 7.35. The van der Waals surface area contributed by atoms with Crippen LogP contribution in [0.4, 0.5) is 5.69 Å². The SMILES string of the molecule is Cc1cccc(-c2cccc(NC(=O)C3CCCN3C(=O)c3ncoc3C)c2)c1. The molecule has 148 valence electrons. The number of hydrogen-bond donors (Lipinski definition) is 1. The van der Waals surface area contributed by atoms with E-state index < -0.39 is 6.04 Å². The van der Waals surface area contributed by atoms with Crippen LogP contribution in [-0.2, 0) is 4.79 Å². The van der Waals surface area contributed by atoms with Gasteiger partial charge < -0.3 is 14.6 Å². The van der Waals surface area contributed by atoms with Gasteiger partial charge in [0.05, 0.1) is 0 Å². The Bertz CT molecular complexity index is 1060. The van der Waals surface area contributed by atoms with Crippen molar-refractivity contribution in [3.05, 3.63) is 71.9 Å². The van der Waals surface area contributed by atoms with Crippen molar-refractivity contribution < 1.29 is 14.0 Å². The van der Waals surface area contributed by atoms with Crippen molar-refractivity contribution in [2.45, 2.75) is 32.7 Å². The number of amides is 2. The van der Waals surface area contributed by atoms with Gasteiger partial charge in [0.1, 0.15) is 11.8 Å². The Morgan fingerprint density at radius 1 is 1.10 bits per heavy atom. The highest BCUT2D eigenvalue weighted by Crippen LogP contribution is 2.26. The molecule has 1 aromatic heterocycles. The number of carbonyl (C=O) groups excluding carboxylic acids is 2. The zero-order valence-electron chi connectivity index (χ0n) is 16.5. The number of nitrogens with zero attached hydrogens (tertiary/aromatic N) is 2. The summed E-state index contributed by atoms with van der Waals surface area (Å²) in [5.41, 5.74) is 4.29. The second-order valence-electron chi connectivity index (χ2n) is 7.35. The molecule has 0 spiro atoms. The zero-order valence-corrected chi connectivity index (χ0v) is 16.5. The Balaban J connectivity index is 1.51. The van der Waals surface area contributed by atoms with E-state index in [0.717, 1.165) is 17.5 Å². The number of aromatic nitrogens is 1. The van der Waals surface area contributed by atoms with E-state index in [1.807, 2.05) is 36.4 Å². The fourth-order valence-corrected chi connectivity index (χ4v) is 3.76. The van der Waals surface area contributed by atoms with Crippen LogP contribution >= 0.6 is 0 Å². The molecule has 0 saturated carbocycles. The first-order valence-corrected chi connectivity index (χ1v) is 9.72. The standard InChI is InChI=1S/C23H23N3O3/c1-15-6-3-7-17(12-15)18-8-4-9-19(13-18)25-22(27)20-10-5-11-26(20)23(28)21-16(2)29-14-24-21/h3-4,6-9,12-14,20H,5,10-11H2,1-2H3,(H,25,27). The van der Waals surface area contributed by atoms with E-state index in [-0.39, 0.29) is 17.5 Å². The number of rotatable bonds is 4. The molecule has 1 N–H and O–H groups in total. The molecule has 1 saturated heterocycles. The summed E-state index contributed by atoms with van der Waals surface area (Å²) in [5.74, 6) is 0.0210. The normalized spacial score (nSPS) is 16.1. The summed E-state index contributed by atoms with van der Waals surface area (Å²) < 4.78 is 5.14. The monoisotopic (exact) mass is 389 g/mol. The van der Waals surface area contributed by atoms with Crippen LogP contribution in [-0.4, -0.2) is 34.3 Å². The van der Waals surface area contributed by atoms with Gasteiger partial charge in [-0.25, -0.2) is 4.98 Å². The van der Waals surface area contributed by atoms with Gasteiger partial charge in [-0.1, -0.05) is 42.0 Å². The first kappa shape index (κ1) is 18.9. The molecule has 2 amide bonds. The third-order valence-electron chi connectivity index (χ3n) is 5.25. The Hall–Kier alpha value is -3.41. The summed E-state index contributed by atoms with van der Waals surface area (Å²) in [6.45, 7) is 4.28. The molecular formula is C23H23N3O3. The van der Waals surface area contributed by atoms with Crippen molar-refractivity contribution in [2.24, 2.45) is 0 Å². The zero-order chi connectivity index (χ0) is 20.4. The summed E-state index contributed by atoms with van der Waals surface area (Å²) in [6.07, 6.45) is 2.67. The summed E-state index contributed by atoms with van der Waals surface area (Å²) in [5, 5.41) is 2.98. The van der Waals surface area contributed by atoms with Crippen molar-refractivity contribution in [1.82, 2.24) is 9.88 Å².